The molecule has 0 bridgehead atoms. The second kappa shape index (κ2) is 8.45. The van der Waals surface area contributed by atoms with Crippen molar-refractivity contribution < 1.29 is 14.3 Å². The van der Waals surface area contributed by atoms with Crippen LogP contribution in [-0.4, -0.2) is 53.0 Å². The van der Waals surface area contributed by atoms with Gasteiger partial charge in [-0.05, 0) is 19.8 Å². The van der Waals surface area contributed by atoms with Crippen molar-refractivity contribution in [3.63, 3.8) is 0 Å². The molecule has 1 aliphatic rings. The molecular formula is C18H24N4O3S2. The zero-order chi connectivity index (χ0) is 19.6. The van der Waals surface area contributed by atoms with Crippen molar-refractivity contribution in [2.24, 2.45) is 5.92 Å². The lowest BCUT2D eigenvalue weighted by Crippen LogP contribution is -2.40. The van der Waals surface area contributed by atoms with Crippen LogP contribution >= 0.6 is 22.7 Å². The third-order valence-electron chi connectivity index (χ3n) is 4.37. The number of aromatic nitrogens is 2. The first kappa shape index (κ1) is 19.9. The summed E-state index contributed by atoms with van der Waals surface area (Å²) in [6, 6.07) is -0.254. The number of aryl methyl sites for hydroxylation is 2. The summed E-state index contributed by atoms with van der Waals surface area (Å²) in [6.07, 6.45) is 0. The lowest BCUT2D eigenvalue weighted by Gasteiger charge is -2.26. The molecule has 1 fully saturated rings. The van der Waals surface area contributed by atoms with E-state index >= 15 is 0 Å². The molecule has 27 heavy (non-hydrogen) atoms. The standard InChI is InChI=1S/C18H24N4O3S2/c1-10(2)14(21-16(23)15-11(3)19-12(4)27-15)17-20-13(9-26-17)18(24)22-5-7-25-8-6-22/h9-10,14H,5-8H2,1-4H3,(H,21,23)/t14-/m1/s1. The molecule has 0 saturated carbocycles. The summed E-state index contributed by atoms with van der Waals surface area (Å²) >= 11 is 2.80. The number of hydrogen-bond donors (Lipinski definition) is 1. The van der Waals surface area contributed by atoms with E-state index in [0.29, 0.717) is 36.9 Å². The third kappa shape index (κ3) is 4.53. The van der Waals surface area contributed by atoms with E-state index < -0.39 is 0 Å². The predicted octanol–water partition coefficient (Wildman–Crippen LogP) is 2.82. The van der Waals surface area contributed by atoms with Gasteiger partial charge in [-0.15, -0.1) is 22.7 Å². The molecule has 0 aliphatic carbocycles. The van der Waals surface area contributed by atoms with Crippen molar-refractivity contribution in [2.75, 3.05) is 26.3 Å². The van der Waals surface area contributed by atoms with E-state index in [9.17, 15) is 9.59 Å². The molecule has 3 rings (SSSR count). The number of rotatable bonds is 5. The van der Waals surface area contributed by atoms with Crippen LogP contribution in [0.25, 0.3) is 0 Å². The highest BCUT2D eigenvalue weighted by Crippen LogP contribution is 2.27. The maximum atomic E-state index is 12.7. The minimum absolute atomic E-state index is 0.0800. The smallest absolute Gasteiger partial charge is 0.273 e. The minimum Gasteiger partial charge on any atom is -0.378 e. The Labute approximate surface area is 166 Å². The molecule has 2 aromatic rings. The molecule has 0 unspecified atom stereocenters. The molecular weight excluding hydrogens is 384 g/mol. The summed E-state index contributed by atoms with van der Waals surface area (Å²) in [5, 5.41) is 6.46. The van der Waals surface area contributed by atoms with Gasteiger partial charge < -0.3 is 15.0 Å². The summed E-state index contributed by atoms with van der Waals surface area (Å²) in [5.74, 6) is -0.0858. The Bertz CT molecular complexity index is 824. The van der Waals surface area contributed by atoms with Crippen LogP contribution in [0.1, 0.15) is 55.8 Å². The normalized spacial score (nSPS) is 15.8. The van der Waals surface area contributed by atoms with E-state index in [1.54, 1.807) is 10.3 Å². The van der Waals surface area contributed by atoms with Gasteiger partial charge in [0.1, 0.15) is 15.6 Å². The van der Waals surface area contributed by atoms with Crippen molar-refractivity contribution in [1.29, 1.82) is 0 Å². The highest BCUT2D eigenvalue weighted by molar-refractivity contribution is 7.13. The molecule has 9 heteroatoms. The first-order valence-electron chi connectivity index (χ1n) is 8.94. The number of nitrogens with zero attached hydrogens (tertiary/aromatic N) is 3. The Kier molecular flexibility index (Phi) is 6.23. The molecule has 0 aromatic carbocycles. The van der Waals surface area contributed by atoms with E-state index in [2.05, 4.69) is 15.3 Å². The van der Waals surface area contributed by atoms with Crippen molar-refractivity contribution in [2.45, 2.75) is 33.7 Å². The second-order valence-electron chi connectivity index (χ2n) is 6.82. The Hall–Kier alpha value is -1.84. The van der Waals surface area contributed by atoms with Gasteiger partial charge in [-0.1, -0.05) is 13.8 Å². The van der Waals surface area contributed by atoms with Crippen LogP contribution in [-0.2, 0) is 4.74 Å². The van der Waals surface area contributed by atoms with Gasteiger partial charge in [-0.2, -0.15) is 0 Å². The first-order valence-corrected chi connectivity index (χ1v) is 10.6. The highest BCUT2D eigenvalue weighted by atomic mass is 32.1. The minimum atomic E-state index is -0.254. The van der Waals surface area contributed by atoms with E-state index in [1.165, 1.54) is 22.7 Å². The topological polar surface area (TPSA) is 84.4 Å². The van der Waals surface area contributed by atoms with Crippen LogP contribution in [0.4, 0.5) is 0 Å². The number of hydrogen-bond acceptors (Lipinski definition) is 7. The van der Waals surface area contributed by atoms with E-state index in [4.69, 9.17) is 4.74 Å². The maximum absolute atomic E-state index is 12.7. The molecule has 0 radical (unpaired) electrons. The molecule has 0 spiro atoms. The molecule has 1 N–H and O–H groups in total. The molecule has 2 amide bonds. The van der Waals surface area contributed by atoms with Gasteiger partial charge in [0.15, 0.2) is 0 Å². The monoisotopic (exact) mass is 408 g/mol. The van der Waals surface area contributed by atoms with Gasteiger partial charge in [-0.3, -0.25) is 9.59 Å². The summed E-state index contributed by atoms with van der Waals surface area (Å²) in [7, 11) is 0. The van der Waals surface area contributed by atoms with Gasteiger partial charge in [0, 0.05) is 18.5 Å². The number of morpholine rings is 1. The van der Waals surface area contributed by atoms with Gasteiger partial charge in [0.2, 0.25) is 0 Å². The lowest BCUT2D eigenvalue weighted by atomic mass is 10.1. The molecule has 7 nitrogen and oxygen atoms in total. The van der Waals surface area contributed by atoms with E-state index in [0.717, 1.165) is 15.7 Å². The maximum Gasteiger partial charge on any atom is 0.273 e. The number of carbonyl (C=O) groups is 2. The fourth-order valence-electron chi connectivity index (χ4n) is 2.92. The number of ether oxygens (including phenoxy) is 1. The highest BCUT2D eigenvalue weighted by Gasteiger charge is 2.27. The number of amides is 2. The zero-order valence-corrected chi connectivity index (χ0v) is 17.6. The third-order valence-corrected chi connectivity index (χ3v) is 6.37. The number of nitrogens with one attached hydrogen (secondary N) is 1. The van der Waals surface area contributed by atoms with Crippen molar-refractivity contribution in [1.82, 2.24) is 20.2 Å². The molecule has 3 heterocycles. The fourth-order valence-corrected chi connectivity index (χ4v) is 4.76. The predicted molar refractivity (Wildman–Crippen MR) is 105 cm³/mol. The Morgan fingerprint density at radius 1 is 1.22 bits per heavy atom. The van der Waals surface area contributed by atoms with Crippen LogP contribution in [0.15, 0.2) is 5.38 Å². The van der Waals surface area contributed by atoms with E-state index in [1.807, 2.05) is 27.7 Å². The Balaban J connectivity index is 1.75. The van der Waals surface area contributed by atoms with Gasteiger partial charge in [0.05, 0.1) is 30.0 Å². The van der Waals surface area contributed by atoms with Crippen molar-refractivity contribution >= 4 is 34.5 Å². The van der Waals surface area contributed by atoms with E-state index in [-0.39, 0.29) is 23.8 Å². The molecule has 2 aromatic heterocycles. The first-order chi connectivity index (χ1) is 12.9. The second-order valence-corrected chi connectivity index (χ2v) is 8.91. The fraction of sp³-hybridized carbons (Fsp3) is 0.556. The average Bonchev–Trinajstić information content (AvgIpc) is 3.25. The number of carbonyl (C=O) groups excluding carboxylic acids is 2. The zero-order valence-electron chi connectivity index (χ0n) is 15.9. The average molecular weight is 409 g/mol. The quantitative estimate of drug-likeness (QED) is 0.822. The summed E-state index contributed by atoms with van der Waals surface area (Å²) in [4.78, 5) is 36.6. The van der Waals surface area contributed by atoms with Crippen LogP contribution in [0, 0.1) is 19.8 Å². The van der Waals surface area contributed by atoms with Crippen LogP contribution in [0.5, 0.6) is 0 Å². The number of thiazole rings is 2. The lowest BCUT2D eigenvalue weighted by molar-refractivity contribution is 0.0299. The van der Waals surface area contributed by atoms with Crippen LogP contribution in [0.3, 0.4) is 0 Å². The van der Waals surface area contributed by atoms with Crippen molar-refractivity contribution in [3.05, 3.63) is 31.7 Å². The molecule has 146 valence electrons. The van der Waals surface area contributed by atoms with Crippen LogP contribution in [0.2, 0.25) is 0 Å². The summed E-state index contributed by atoms with van der Waals surface area (Å²) in [5.41, 5.74) is 1.17. The van der Waals surface area contributed by atoms with Gasteiger partial charge in [0.25, 0.3) is 11.8 Å². The molecule has 1 atom stereocenters. The van der Waals surface area contributed by atoms with Crippen molar-refractivity contribution in [3.8, 4) is 0 Å². The molecule has 1 saturated heterocycles. The Morgan fingerprint density at radius 2 is 1.93 bits per heavy atom. The summed E-state index contributed by atoms with van der Waals surface area (Å²) in [6.45, 7) is 10.1. The Morgan fingerprint density at radius 3 is 2.52 bits per heavy atom. The molecule has 1 aliphatic heterocycles. The van der Waals surface area contributed by atoms with Crippen LogP contribution < -0.4 is 5.32 Å². The van der Waals surface area contributed by atoms with Gasteiger partial charge in [-0.25, -0.2) is 9.97 Å². The largest absolute Gasteiger partial charge is 0.378 e. The van der Waals surface area contributed by atoms with Gasteiger partial charge >= 0.3 is 0 Å². The SMILES string of the molecule is Cc1nc(C)c(C(=O)N[C@@H](c2nc(C(=O)N3CCOCC3)cs2)C(C)C)s1. The summed E-state index contributed by atoms with van der Waals surface area (Å²) < 4.78 is 5.29.